The molecule has 3 N–H and O–H groups in total. The Balaban J connectivity index is 2.33. The molecule has 0 saturated carbocycles. The van der Waals surface area contributed by atoms with Crippen molar-refractivity contribution in [1.29, 1.82) is 0 Å². The summed E-state index contributed by atoms with van der Waals surface area (Å²) in [6.07, 6.45) is 0.804. The number of nitrogen functional groups attached to an aromatic ring is 1. The van der Waals surface area contributed by atoms with Crippen LogP contribution in [0, 0.1) is 0 Å². The van der Waals surface area contributed by atoms with E-state index >= 15 is 0 Å². The van der Waals surface area contributed by atoms with Gasteiger partial charge in [-0.3, -0.25) is 4.55 Å². The maximum atomic E-state index is 11.0. The molecule has 0 spiro atoms. The molecule has 0 amide bonds. The molecular formula is C17H21N3O3S. The van der Waals surface area contributed by atoms with E-state index in [2.05, 4.69) is 24.1 Å². The molecule has 2 rings (SSSR count). The van der Waals surface area contributed by atoms with Crippen molar-refractivity contribution < 1.29 is 13.0 Å². The second kappa shape index (κ2) is 7.11. The quantitative estimate of drug-likeness (QED) is 0.468. The molecule has 2 aromatic rings. The van der Waals surface area contributed by atoms with Gasteiger partial charge in [0.1, 0.15) is 0 Å². The maximum absolute atomic E-state index is 11.0. The third-order valence-corrected chi connectivity index (χ3v) is 4.57. The first-order chi connectivity index (χ1) is 11.2. The Bertz CT molecular complexity index is 857. The number of rotatable bonds is 5. The van der Waals surface area contributed by atoms with Gasteiger partial charge < -0.3 is 5.73 Å². The van der Waals surface area contributed by atoms with Crippen molar-refractivity contribution >= 4 is 27.2 Å². The molecule has 0 unspecified atom stereocenters. The van der Waals surface area contributed by atoms with Crippen LogP contribution < -0.4 is 5.73 Å². The van der Waals surface area contributed by atoms with E-state index in [1.54, 1.807) is 0 Å². The second-order valence-electron chi connectivity index (χ2n) is 5.79. The topological polar surface area (TPSA) is 105 Å². The van der Waals surface area contributed by atoms with Crippen molar-refractivity contribution in [2.45, 2.75) is 38.0 Å². The summed E-state index contributed by atoms with van der Waals surface area (Å²) in [7, 11) is -4.20. The van der Waals surface area contributed by atoms with Crippen LogP contribution in [0.25, 0.3) is 0 Å². The molecule has 0 aliphatic carbocycles. The number of hydrogen-bond donors (Lipinski definition) is 2. The van der Waals surface area contributed by atoms with Gasteiger partial charge in [0, 0.05) is 5.69 Å². The first-order valence-electron chi connectivity index (χ1n) is 7.64. The van der Waals surface area contributed by atoms with E-state index in [-0.39, 0.29) is 10.8 Å². The predicted molar refractivity (Wildman–Crippen MR) is 94.8 cm³/mol. The summed E-state index contributed by atoms with van der Waals surface area (Å²) in [4.78, 5) is -0.177. The standard InChI is InChI=1S/C17H21N3O3S/c1-4-12-9-14(10-16(11(2)3)17(12)18)20-19-13-5-7-15(8-6-13)24(21,22)23/h5-11H,4,18H2,1-3H3,(H,21,22,23). The Kier molecular flexibility index (Phi) is 5.36. The third-order valence-electron chi connectivity index (χ3n) is 3.70. The van der Waals surface area contributed by atoms with Crippen LogP contribution in [-0.4, -0.2) is 13.0 Å². The summed E-state index contributed by atoms with van der Waals surface area (Å²) in [6.45, 7) is 6.17. The lowest BCUT2D eigenvalue weighted by atomic mass is 9.96. The number of nitrogens with two attached hydrogens (primary N) is 1. The highest BCUT2D eigenvalue weighted by Crippen LogP contribution is 2.31. The van der Waals surface area contributed by atoms with Gasteiger partial charge in [-0.2, -0.15) is 18.6 Å². The van der Waals surface area contributed by atoms with Crippen LogP contribution >= 0.6 is 0 Å². The van der Waals surface area contributed by atoms with Crippen molar-refractivity contribution in [3.63, 3.8) is 0 Å². The summed E-state index contributed by atoms with van der Waals surface area (Å²) < 4.78 is 31.0. The Labute approximate surface area is 142 Å². The molecule has 2 aromatic carbocycles. The third kappa shape index (κ3) is 4.18. The van der Waals surface area contributed by atoms with E-state index < -0.39 is 10.1 Å². The first-order valence-corrected chi connectivity index (χ1v) is 9.08. The second-order valence-corrected chi connectivity index (χ2v) is 7.21. The summed E-state index contributed by atoms with van der Waals surface area (Å²) in [5.41, 5.74) is 10.2. The predicted octanol–water partition coefficient (Wildman–Crippen LogP) is 4.62. The molecule has 0 fully saturated rings. The Morgan fingerprint density at radius 2 is 1.67 bits per heavy atom. The van der Waals surface area contributed by atoms with Crippen molar-refractivity contribution in [2.24, 2.45) is 10.2 Å². The minimum absolute atomic E-state index is 0.177. The highest BCUT2D eigenvalue weighted by molar-refractivity contribution is 7.85. The zero-order valence-electron chi connectivity index (χ0n) is 13.9. The molecule has 24 heavy (non-hydrogen) atoms. The van der Waals surface area contributed by atoms with Gasteiger partial charge in [0.15, 0.2) is 0 Å². The minimum Gasteiger partial charge on any atom is -0.398 e. The summed E-state index contributed by atoms with van der Waals surface area (Å²) in [6, 6.07) is 9.34. The van der Waals surface area contributed by atoms with Crippen LogP contribution in [0.3, 0.4) is 0 Å². The van der Waals surface area contributed by atoms with Crippen LogP contribution in [0.1, 0.15) is 37.8 Å². The Morgan fingerprint density at radius 1 is 1.08 bits per heavy atom. The lowest BCUT2D eigenvalue weighted by Crippen LogP contribution is -2.00. The van der Waals surface area contributed by atoms with Gasteiger partial charge in [0.05, 0.1) is 16.3 Å². The van der Waals surface area contributed by atoms with Crippen molar-refractivity contribution in [3.8, 4) is 0 Å². The smallest absolute Gasteiger partial charge is 0.294 e. The number of aryl methyl sites for hydroxylation is 1. The minimum atomic E-state index is -4.20. The van der Waals surface area contributed by atoms with Gasteiger partial charge in [-0.25, -0.2) is 0 Å². The molecule has 0 aliphatic rings. The monoisotopic (exact) mass is 347 g/mol. The summed E-state index contributed by atoms with van der Waals surface area (Å²) in [5.74, 6) is 0.277. The SMILES string of the molecule is CCc1cc(N=Nc2ccc(S(=O)(=O)O)cc2)cc(C(C)C)c1N. The summed E-state index contributed by atoms with van der Waals surface area (Å²) in [5, 5.41) is 8.33. The lowest BCUT2D eigenvalue weighted by molar-refractivity contribution is 0.483. The molecule has 0 atom stereocenters. The van der Waals surface area contributed by atoms with Gasteiger partial charge in [-0.05, 0) is 59.9 Å². The first kappa shape index (κ1) is 18.1. The van der Waals surface area contributed by atoms with Crippen LogP contribution in [0.4, 0.5) is 17.1 Å². The van der Waals surface area contributed by atoms with E-state index in [1.165, 1.54) is 24.3 Å². The average Bonchev–Trinajstić information content (AvgIpc) is 2.53. The number of azo groups is 1. The normalized spacial score (nSPS) is 12.2. The molecule has 0 radical (unpaired) electrons. The van der Waals surface area contributed by atoms with E-state index in [9.17, 15) is 8.42 Å². The number of hydrogen-bond acceptors (Lipinski definition) is 5. The van der Waals surface area contributed by atoms with E-state index in [1.807, 2.05) is 19.1 Å². The number of anilines is 1. The molecule has 0 aliphatic heterocycles. The zero-order valence-corrected chi connectivity index (χ0v) is 14.7. The fourth-order valence-electron chi connectivity index (χ4n) is 2.35. The molecule has 0 bridgehead atoms. The fourth-order valence-corrected chi connectivity index (χ4v) is 2.83. The van der Waals surface area contributed by atoms with Gasteiger partial charge in [-0.15, -0.1) is 0 Å². The van der Waals surface area contributed by atoms with E-state index in [0.29, 0.717) is 11.4 Å². The molecule has 0 saturated heterocycles. The van der Waals surface area contributed by atoms with Gasteiger partial charge in [0.25, 0.3) is 10.1 Å². The van der Waals surface area contributed by atoms with E-state index in [0.717, 1.165) is 23.2 Å². The molecule has 6 nitrogen and oxygen atoms in total. The van der Waals surface area contributed by atoms with Gasteiger partial charge in [0.2, 0.25) is 0 Å². The molecule has 0 heterocycles. The average molecular weight is 347 g/mol. The van der Waals surface area contributed by atoms with Crippen LogP contribution in [0.2, 0.25) is 0 Å². The van der Waals surface area contributed by atoms with E-state index in [4.69, 9.17) is 10.3 Å². The highest BCUT2D eigenvalue weighted by Gasteiger charge is 2.11. The molecular weight excluding hydrogens is 326 g/mol. The van der Waals surface area contributed by atoms with Crippen LogP contribution in [0.15, 0.2) is 51.5 Å². The van der Waals surface area contributed by atoms with Crippen LogP contribution in [0.5, 0.6) is 0 Å². The maximum Gasteiger partial charge on any atom is 0.294 e. The highest BCUT2D eigenvalue weighted by atomic mass is 32.2. The van der Waals surface area contributed by atoms with Crippen molar-refractivity contribution in [3.05, 3.63) is 47.5 Å². The number of benzene rings is 2. The van der Waals surface area contributed by atoms with Crippen molar-refractivity contribution in [2.75, 3.05) is 5.73 Å². The number of nitrogens with zero attached hydrogens (tertiary/aromatic N) is 2. The molecule has 0 aromatic heterocycles. The van der Waals surface area contributed by atoms with Crippen LogP contribution in [-0.2, 0) is 16.5 Å². The van der Waals surface area contributed by atoms with Crippen molar-refractivity contribution in [1.82, 2.24) is 0 Å². The summed E-state index contributed by atoms with van der Waals surface area (Å²) >= 11 is 0. The lowest BCUT2D eigenvalue weighted by Gasteiger charge is -2.13. The molecule has 128 valence electrons. The fraction of sp³-hybridized carbons (Fsp3) is 0.294. The largest absolute Gasteiger partial charge is 0.398 e. The van der Waals surface area contributed by atoms with Gasteiger partial charge >= 0.3 is 0 Å². The zero-order chi connectivity index (χ0) is 17.9. The Morgan fingerprint density at radius 3 is 2.17 bits per heavy atom. The van der Waals surface area contributed by atoms with Gasteiger partial charge in [-0.1, -0.05) is 20.8 Å². The Hall–Kier alpha value is -2.25. The molecule has 7 heteroatoms.